The quantitative estimate of drug-likeness (QED) is 0.881. The SMILES string of the molecule is CC(C)(C)C(=O)NCC(C)(C)c1c[nH]c2ccccc12. The Bertz CT molecular complexity index is 617. The van der Waals surface area contributed by atoms with Gasteiger partial charge in [0.2, 0.25) is 5.91 Å². The number of nitrogens with one attached hydrogen (secondary N) is 2. The molecule has 3 heteroatoms. The lowest BCUT2D eigenvalue weighted by Crippen LogP contribution is -2.41. The number of para-hydroxylation sites is 1. The van der Waals surface area contributed by atoms with Crippen LogP contribution in [0.5, 0.6) is 0 Å². The highest BCUT2D eigenvalue weighted by Crippen LogP contribution is 2.30. The van der Waals surface area contributed by atoms with Crippen molar-refractivity contribution < 1.29 is 4.79 Å². The third-order valence-corrected chi connectivity index (χ3v) is 3.69. The van der Waals surface area contributed by atoms with Gasteiger partial charge in [0, 0.05) is 34.5 Å². The van der Waals surface area contributed by atoms with Gasteiger partial charge in [-0.1, -0.05) is 52.8 Å². The van der Waals surface area contributed by atoms with E-state index in [0.29, 0.717) is 6.54 Å². The van der Waals surface area contributed by atoms with Gasteiger partial charge < -0.3 is 10.3 Å². The molecule has 2 aromatic rings. The van der Waals surface area contributed by atoms with Crippen molar-refractivity contribution in [1.82, 2.24) is 10.3 Å². The zero-order valence-electron chi connectivity index (χ0n) is 13.0. The Morgan fingerprint density at radius 3 is 2.45 bits per heavy atom. The summed E-state index contributed by atoms with van der Waals surface area (Å²) in [6.45, 7) is 10.7. The van der Waals surface area contributed by atoms with Crippen LogP contribution in [-0.2, 0) is 10.2 Å². The summed E-state index contributed by atoms with van der Waals surface area (Å²) in [5.41, 5.74) is 1.91. The van der Waals surface area contributed by atoms with E-state index >= 15 is 0 Å². The van der Waals surface area contributed by atoms with Crippen LogP contribution in [0.3, 0.4) is 0 Å². The number of hydrogen-bond donors (Lipinski definition) is 2. The molecule has 0 bridgehead atoms. The molecular weight excluding hydrogens is 248 g/mol. The molecule has 20 heavy (non-hydrogen) atoms. The molecule has 1 aromatic carbocycles. The van der Waals surface area contributed by atoms with E-state index in [4.69, 9.17) is 0 Å². The van der Waals surface area contributed by atoms with Crippen molar-refractivity contribution in [2.24, 2.45) is 5.41 Å². The van der Waals surface area contributed by atoms with Gasteiger partial charge >= 0.3 is 0 Å². The number of carbonyl (C=O) groups excluding carboxylic acids is 1. The first-order chi connectivity index (χ1) is 9.22. The van der Waals surface area contributed by atoms with E-state index in [0.717, 1.165) is 5.52 Å². The van der Waals surface area contributed by atoms with Crippen LogP contribution in [0.1, 0.15) is 40.2 Å². The van der Waals surface area contributed by atoms with Gasteiger partial charge in [-0.15, -0.1) is 0 Å². The van der Waals surface area contributed by atoms with E-state index in [1.165, 1.54) is 10.9 Å². The van der Waals surface area contributed by atoms with Crippen LogP contribution in [0.25, 0.3) is 10.9 Å². The predicted octanol–water partition coefficient (Wildman–Crippen LogP) is 3.61. The number of amides is 1. The Balaban J connectivity index is 2.20. The Morgan fingerprint density at radius 1 is 1.15 bits per heavy atom. The molecule has 0 unspecified atom stereocenters. The van der Waals surface area contributed by atoms with Crippen molar-refractivity contribution >= 4 is 16.8 Å². The molecule has 0 fully saturated rings. The second-order valence-electron chi connectivity index (χ2n) is 7.06. The third-order valence-electron chi connectivity index (χ3n) is 3.69. The van der Waals surface area contributed by atoms with Crippen molar-refractivity contribution in [1.29, 1.82) is 0 Å². The number of aromatic nitrogens is 1. The summed E-state index contributed by atoms with van der Waals surface area (Å²) in [6, 6.07) is 8.26. The molecule has 0 saturated heterocycles. The molecule has 0 spiro atoms. The van der Waals surface area contributed by atoms with Gasteiger partial charge in [-0.3, -0.25) is 4.79 Å². The average Bonchev–Trinajstić information content (AvgIpc) is 2.79. The lowest BCUT2D eigenvalue weighted by atomic mass is 9.84. The lowest BCUT2D eigenvalue weighted by Gasteiger charge is -2.27. The Kier molecular flexibility index (Phi) is 3.63. The predicted molar refractivity (Wildman–Crippen MR) is 83.8 cm³/mol. The number of aromatic amines is 1. The molecule has 2 N–H and O–H groups in total. The number of fused-ring (bicyclic) bond motifs is 1. The van der Waals surface area contributed by atoms with Gasteiger partial charge in [0.25, 0.3) is 0 Å². The van der Waals surface area contributed by atoms with Crippen molar-refractivity contribution in [2.45, 2.75) is 40.0 Å². The van der Waals surface area contributed by atoms with Crippen LogP contribution in [0.4, 0.5) is 0 Å². The number of H-pyrrole nitrogens is 1. The minimum absolute atomic E-state index is 0.0883. The summed E-state index contributed by atoms with van der Waals surface area (Å²) < 4.78 is 0. The van der Waals surface area contributed by atoms with Crippen LogP contribution in [0.15, 0.2) is 30.5 Å². The molecule has 0 saturated carbocycles. The van der Waals surface area contributed by atoms with E-state index < -0.39 is 0 Å². The van der Waals surface area contributed by atoms with Crippen LogP contribution in [0, 0.1) is 5.41 Å². The van der Waals surface area contributed by atoms with Crippen LogP contribution >= 0.6 is 0 Å². The van der Waals surface area contributed by atoms with E-state index in [1.807, 2.05) is 39.1 Å². The summed E-state index contributed by atoms with van der Waals surface area (Å²) >= 11 is 0. The standard InChI is InChI=1S/C17H24N2O/c1-16(2,3)15(20)19-11-17(4,5)13-10-18-14-9-7-6-8-12(13)14/h6-10,18H,11H2,1-5H3,(H,19,20). The Labute approximate surface area is 120 Å². The van der Waals surface area contributed by atoms with Crippen LogP contribution < -0.4 is 5.32 Å². The van der Waals surface area contributed by atoms with Crippen molar-refractivity contribution in [2.75, 3.05) is 6.54 Å². The largest absolute Gasteiger partial charge is 0.361 e. The number of benzene rings is 1. The monoisotopic (exact) mass is 272 g/mol. The second kappa shape index (κ2) is 4.97. The van der Waals surface area contributed by atoms with E-state index in [-0.39, 0.29) is 16.7 Å². The number of carbonyl (C=O) groups is 1. The molecule has 0 radical (unpaired) electrons. The van der Waals surface area contributed by atoms with Crippen molar-refractivity contribution in [3.05, 3.63) is 36.0 Å². The van der Waals surface area contributed by atoms with Gasteiger partial charge in [-0.25, -0.2) is 0 Å². The molecule has 0 atom stereocenters. The summed E-state index contributed by atoms with van der Waals surface area (Å²) in [7, 11) is 0. The number of rotatable bonds is 3. The molecule has 0 aliphatic heterocycles. The molecule has 1 amide bonds. The fourth-order valence-corrected chi connectivity index (χ4v) is 2.29. The van der Waals surface area contributed by atoms with E-state index in [9.17, 15) is 4.79 Å². The summed E-state index contributed by atoms with van der Waals surface area (Å²) in [5.74, 6) is 0.0883. The molecule has 108 valence electrons. The van der Waals surface area contributed by atoms with Gasteiger partial charge in [0.05, 0.1) is 0 Å². The zero-order valence-corrected chi connectivity index (χ0v) is 13.0. The maximum Gasteiger partial charge on any atom is 0.225 e. The molecule has 0 aliphatic carbocycles. The first-order valence-electron chi connectivity index (χ1n) is 7.07. The maximum atomic E-state index is 12.0. The molecule has 1 aromatic heterocycles. The van der Waals surface area contributed by atoms with Crippen molar-refractivity contribution in [3.63, 3.8) is 0 Å². The first-order valence-corrected chi connectivity index (χ1v) is 7.07. The van der Waals surface area contributed by atoms with Gasteiger partial charge in [0.1, 0.15) is 0 Å². The highest BCUT2D eigenvalue weighted by atomic mass is 16.2. The Hall–Kier alpha value is -1.77. The highest BCUT2D eigenvalue weighted by molar-refractivity contribution is 5.85. The molecule has 2 rings (SSSR count). The fourth-order valence-electron chi connectivity index (χ4n) is 2.29. The van der Waals surface area contributed by atoms with Gasteiger partial charge in [-0.2, -0.15) is 0 Å². The summed E-state index contributed by atoms with van der Waals surface area (Å²) in [4.78, 5) is 15.3. The molecular formula is C17H24N2O. The average molecular weight is 272 g/mol. The summed E-state index contributed by atoms with van der Waals surface area (Å²) in [5, 5.41) is 4.29. The Morgan fingerprint density at radius 2 is 1.80 bits per heavy atom. The van der Waals surface area contributed by atoms with E-state index in [1.54, 1.807) is 0 Å². The third kappa shape index (κ3) is 2.87. The molecule has 0 aliphatic rings. The second-order valence-corrected chi connectivity index (χ2v) is 7.06. The van der Waals surface area contributed by atoms with E-state index in [2.05, 4.69) is 36.3 Å². The maximum absolute atomic E-state index is 12.0. The fraction of sp³-hybridized carbons (Fsp3) is 0.471. The minimum atomic E-state index is -0.351. The summed E-state index contributed by atoms with van der Waals surface area (Å²) in [6.07, 6.45) is 2.05. The number of hydrogen-bond acceptors (Lipinski definition) is 1. The van der Waals surface area contributed by atoms with Crippen molar-refractivity contribution in [3.8, 4) is 0 Å². The lowest BCUT2D eigenvalue weighted by molar-refractivity contribution is -0.128. The molecule has 3 nitrogen and oxygen atoms in total. The topological polar surface area (TPSA) is 44.9 Å². The minimum Gasteiger partial charge on any atom is -0.361 e. The first kappa shape index (κ1) is 14.6. The normalized spacial score (nSPS) is 12.7. The van der Waals surface area contributed by atoms with Crippen LogP contribution in [0.2, 0.25) is 0 Å². The highest BCUT2D eigenvalue weighted by Gasteiger charge is 2.27. The van der Waals surface area contributed by atoms with Gasteiger partial charge in [-0.05, 0) is 11.6 Å². The molecule has 1 heterocycles. The zero-order chi connectivity index (χ0) is 15.0. The van der Waals surface area contributed by atoms with Crippen LogP contribution in [-0.4, -0.2) is 17.4 Å². The smallest absolute Gasteiger partial charge is 0.225 e. The van der Waals surface area contributed by atoms with Gasteiger partial charge in [0.15, 0.2) is 0 Å².